The van der Waals surface area contributed by atoms with Gasteiger partial charge in [0.1, 0.15) is 5.75 Å². The highest BCUT2D eigenvalue weighted by atomic mass is 19.4. The van der Waals surface area contributed by atoms with Crippen molar-refractivity contribution in [2.45, 2.75) is 32.2 Å². The first-order chi connectivity index (χ1) is 8.40. The van der Waals surface area contributed by atoms with Crippen LogP contribution in [0.25, 0.3) is 0 Å². The molecule has 1 aromatic rings. The summed E-state index contributed by atoms with van der Waals surface area (Å²) >= 11 is 0. The third-order valence-electron chi connectivity index (χ3n) is 2.07. The Morgan fingerprint density at radius 3 is 2.72 bits per heavy atom. The molecule has 0 fully saturated rings. The van der Waals surface area contributed by atoms with Gasteiger partial charge in [-0.3, -0.25) is 0 Å². The van der Waals surface area contributed by atoms with E-state index >= 15 is 0 Å². The van der Waals surface area contributed by atoms with Gasteiger partial charge in [-0.05, 0) is 24.6 Å². The summed E-state index contributed by atoms with van der Waals surface area (Å²) in [6.07, 6.45) is -3.02. The number of halogens is 3. The minimum absolute atomic E-state index is 0.262. The third-order valence-corrected chi connectivity index (χ3v) is 2.07. The van der Waals surface area contributed by atoms with Gasteiger partial charge in [-0.25, -0.2) is 0 Å². The third kappa shape index (κ3) is 5.60. The molecule has 5 heteroatoms. The molecule has 2 N–H and O–H groups in total. The van der Waals surface area contributed by atoms with Crippen molar-refractivity contribution in [3.05, 3.63) is 29.8 Å². The largest absolute Gasteiger partial charge is 0.573 e. The summed E-state index contributed by atoms with van der Waals surface area (Å²) in [6, 6.07) is 5.26. The minimum Gasteiger partial charge on any atom is -0.406 e. The number of rotatable bonds is 3. The van der Waals surface area contributed by atoms with Crippen molar-refractivity contribution in [2.75, 3.05) is 0 Å². The lowest BCUT2D eigenvalue weighted by molar-refractivity contribution is -0.274. The molecular formula is C13H14F3NO. The first-order valence-electron chi connectivity index (χ1n) is 5.53. The van der Waals surface area contributed by atoms with Crippen LogP contribution in [0.15, 0.2) is 24.3 Å². The van der Waals surface area contributed by atoms with Crippen LogP contribution in [0.3, 0.4) is 0 Å². The first kappa shape index (κ1) is 14.4. The molecule has 0 aromatic heterocycles. The average molecular weight is 257 g/mol. The number of nitrogens with two attached hydrogens (primary N) is 1. The zero-order chi connectivity index (χ0) is 13.6. The SMILES string of the molecule is CCCC(N)C#Cc1cccc(OC(F)(F)F)c1. The molecule has 1 aromatic carbocycles. The lowest BCUT2D eigenvalue weighted by Crippen LogP contribution is -2.17. The summed E-state index contributed by atoms with van der Waals surface area (Å²) in [5.41, 5.74) is 6.13. The molecule has 2 nitrogen and oxygen atoms in total. The van der Waals surface area contributed by atoms with Crippen LogP contribution in [-0.2, 0) is 0 Å². The van der Waals surface area contributed by atoms with Crippen molar-refractivity contribution in [1.29, 1.82) is 0 Å². The molecular weight excluding hydrogens is 243 g/mol. The Hall–Kier alpha value is -1.67. The van der Waals surface area contributed by atoms with Crippen LogP contribution in [0.5, 0.6) is 5.75 Å². The molecule has 0 bridgehead atoms. The minimum atomic E-state index is -4.69. The number of ether oxygens (including phenoxy) is 1. The zero-order valence-corrected chi connectivity index (χ0v) is 9.92. The topological polar surface area (TPSA) is 35.2 Å². The second kappa shape index (κ2) is 6.31. The van der Waals surface area contributed by atoms with Gasteiger partial charge in [-0.2, -0.15) is 0 Å². The molecule has 0 spiro atoms. The van der Waals surface area contributed by atoms with E-state index in [2.05, 4.69) is 16.6 Å². The van der Waals surface area contributed by atoms with Gasteiger partial charge in [0.25, 0.3) is 0 Å². The van der Waals surface area contributed by atoms with E-state index in [-0.39, 0.29) is 11.8 Å². The van der Waals surface area contributed by atoms with Crippen molar-refractivity contribution in [3.63, 3.8) is 0 Å². The highest BCUT2D eigenvalue weighted by Crippen LogP contribution is 2.22. The van der Waals surface area contributed by atoms with Crippen molar-refractivity contribution in [2.24, 2.45) is 5.73 Å². The summed E-state index contributed by atoms with van der Waals surface area (Å²) in [6.45, 7) is 1.99. The van der Waals surface area contributed by atoms with Crippen molar-refractivity contribution in [1.82, 2.24) is 0 Å². The Morgan fingerprint density at radius 1 is 1.39 bits per heavy atom. The number of hydrogen-bond acceptors (Lipinski definition) is 2. The fraction of sp³-hybridized carbons (Fsp3) is 0.385. The summed E-state index contributed by atoms with van der Waals surface area (Å²) in [5, 5.41) is 0. The molecule has 0 heterocycles. The van der Waals surface area contributed by atoms with Crippen LogP contribution in [0, 0.1) is 11.8 Å². The van der Waals surface area contributed by atoms with Crippen LogP contribution >= 0.6 is 0 Å². The van der Waals surface area contributed by atoms with Crippen LogP contribution in [-0.4, -0.2) is 12.4 Å². The van der Waals surface area contributed by atoms with Gasteiger partial charge in [-0.1, -0.05) is 31.3 Å². The Labute approximate surface area is 104 Å². The molecule has 1 unspecified atom stereocenters. The Kier molecular flexibility index (Phi) is 5.05. The van der Waals surface area contributed by atoms with Gasteiger partial charge in [0.15, 0.2) is 0 Å². The molecule has 1 atom stereocenters. The molecule has 0 aliphatic carbocycles. The Balaban J connectivity index is 2.76. The standard InChI is InChI=1S/C13H14F3NO/c1-2-4-11(17)8-7-10-5-3-6-12(9-10)18-13(14,15)16/h3,5-6,9,11H,2,4,17H2,1H3. The molecule has 0 amide bonds. The van der Waals surface area contributed by atoms with Crippen LogP contribution in [0.2, 0.25) is 0 Å². The van der Waals surface area contributed by atoms with Crippen molar-refractivity contribution >= 4 is 0 Å². The molecule has 18 heavy (non-hydrogen) atoms. The number of hydrogen-bond donors (Lipinski definition) is 1. The van der Waals surface area contributed by atoms with Crippen LogP contribution < -0.4 is 10.5 Å². The van der Waals surface area contributed by atoms with Gasteiger partial charge in [0.05, 0.1) is 6.04 Å². The number of alkyl halides is 3. The van der Waals surface area contributed by atoms with Crippen molar-refractivity contribution < 1.29 is 17.9 Å². The second-order valence-corrected chi connectivity index (χ2v) is 3.74. The van der Waals surface area contributed by atoms with E-state index in [0.717, 1.165) is 12.8 Å². The summed E-state index contributed by atoms with van der Waals surface area (Å²) in [7, 11) is 0. The van der Waals surface area contributed by atoms with E-state index < -0.39 is 6.36 Å². The molecule has 0 saturated carbocycles. The predicted octanol–water partition coefficient (Wildman–Crippen LogP) is 3.06. The summed E-state index contributed by atoms with van der Waals surface area (Å²) in [4.78, 5) is 0. The van der Waals surface area contributed by atoms with E-state index in [1.165, 1.54) is 18.2 Å². The fourth-order valence-corrected chi connectivity index (χ4v) is 1.33. The number of benzene rings is 1. The van der Waals surface area contributed by atoms with Crippen LogP contribution in [0.1, 0.15) is 25.3 Å². The molecule has 0 radical (unpaired) electrons. The summed E-state index contributed by atoms with van der Waals surface area (Å²) in [5.74, 6) is 5.23. The maximum absolute atomic E-state index is 12.0. The maximum Gasteiger partial charge on any atom is 0.573 e. The highest BCUT2D eigenvalue weighted by Gasteiger charge is 2.30. The highest BCUT2D eigenvalue weighted by molar-refractivity contribution is 5.40. The van der Waals surface area contributed by atoms with Gasteiger partial charge in [0, 0.05) is 5.56 Å². The normalized spacial score (nSPS) is 12.5. The zero-order valence-electron chi connectivity index (χ0n) is 9.92. The van der Waals surface area contributed by atoms with E-state index in [4.69, 9.17) is 5.73 Å². The van der Waals surface area contributed by atoms with E-state index in [9.17, 15) is 13.2 Å². The van der Waals surface area contributed by atoms with E-state index in [0.29, 0.717) is 5.56 Å². The van der Waals surface area contributed by atoms with Crippen LogP contribution in [0.4, 0.5) is 13.2 Å². The van der Waals surface area contributed by atoms with Gasteiger partial charge in [0.2, 0.25) is 0 Å². The Morgan fingerprint density at radius 2 is 2.11 bits per heavy atom. The van der Waals surface area contributed by atoms with E-state index in [1.54, 1.807) is 6.07 Å². The van der Waals surface area contributed by atoms with Crippen molar-refractivity contribution in [3.8, 4) is 17.6 Å². The lowest BCUT2D eigenvalue weighted by Gasteiger charge is -2.08. The van der Waals surface area contributed by atoms with E-state index in [1.807, 2.05) is 6.92 Å². The van der Waals surface area contributed by atoms with Gasteiger partial charge < -0.3 is 10.5 Å². The quantitative estimate of drug-likeness (QED) is 0.845. The Bertz CT molecular complexity index is 446. The molecule has 98 valence electrons. The molecule has 0 saturated heterocycles. The maximum atomic E-state index is 12.0. The smallest absolute Gasteiger partial charge is 0.406 e. The summed E-state index contributed by atoms with van der Waals surface area (Å²) < 4.78 is 39.8. The first-order valence-corrected chi connectivity index (χ1v) is 5.53. The van der Waals surface area contributed by atoms with Gasteiger partial charge >= 0.3 is 6.36 Å². The lowest BCUT2D eigenvalue weighted by atomic mass is 10.1. The predicted molar refractivity (Wildman–Crippen MR) is 62.9 cm³/mol. The molecule has 1 rings (SSSR count). The second-order valence-electron chi connectivity index (χ2n) is 3.74. The molecule has 0 aliphatic rings. The fourth-order valence-electron chi connectivity index (χ4n) is 1.33. The average Bonchev–Trinajstić information content (AvgIpc) is 2.25. The monoisotopic (exact) mass is 257 g/mol. The molecule has 0 aliphatic heterocycles. The van der Waals surface area contributed by atoms with Gasteiger partial charge in [-0.15, -0.1) is 13.2 Å².